The minimum Gasteiger partial charge on any atom is -0.389 e. The van der Waals surface area contributed by atoms with Gasteiger partial charge in [0.2, 0.25) is 5.91 Å². The molecule has 0 radical (unpaired) electrons. The molecule has 1 fully saturated rings. The van der Waals surface area contributed by atoms with E-state index in [1.54, 1.807) is 12.1 Å². The van der Waals surface area contributed by atoms with Crippen LogP contribution in [0.1, 0.15) is 37.9 Å². The first-order valence-electron chi connectivity index (χ1n) is 6.54. The van der Waals surface area contributed by atoms with Gasteiger partial charge in [0.25, 0.3) is 0 Å². The number of nitrogens with two attached hydrogens (primary N) is 1. The average Bonchev–Trinajstić information content (AvgIpc) is 2.37. The van der Waals surface area contributed by atoms with Gasteiger partial charge in [-0.2, -0.15) is 0 Å². The lowest BCUT2D eigenvalue weighted by Crippen LogP contribution is -2.48. The van der Waals surface area contributed by atoms with E-state index in [1.165, 1.54) is 13.0 Å². The van der Waals surface area contributed by atoms with Crippen LogP contribution in [0.15, 0.2) is 18.2 Å². The quantitative estimate of drug-likeness (QED) is 0.875. The van der Waals surface area contributed by atoms with E-state index >= 15 is 0 Å². The van der Waals surface area contributed by atoms with E-state index in [0.717, 1.165) is 12.8 Å². The molecular formula is C14H19FN2O2. The number of nitrogens with zero attached hydrogens (tertiary/aromatic N) is 1. The van der Waals surface area contributed by atoms with Gasteiger partial charge in [0, 0.05) is 17.8 Å². The Morgan fingerprint density at radius 1 is 1.53 bits per heavy atom. The number of piperidine rings is 1. The maximum absolute atomic E-state index is 13.9. The lowest BCUT2D eigenvalue weighted by atomic mass is 9.98. The van der Waals surface area contributed by atoms with Gasteiger partial charge in [0.1, 0.15) is 11.9 Å². The minimum atomic E-state index is -0.924. The first kappa shape index (κ1) is 13.8. The summed E-state index contributed by atoms with van der Waals surface area (Å²) in [4.78, 5) is 13.3. The number of amides is 1. The zero-order valence-electron chi connectivity index (χ0n) is 11.0. The molecule has 1 heterocycles. The predicted molar refractivity (Wildman–Crippen MR) is 71.2 cm³/mol. The van der Waals surface area contributed by atoms with Crippen LogP contribution < -0.4 is 10.6 Å². The van der Waals surface area contributed by atoms with Crippen molar-refractivity contribution in [2.75, 3.05) is 11.4 Å². The van der Waals surface area contributed by atoms with Crippen LogP contribution in [0.3, 0.4) is 0 Å². The zero-order chi connectivity index (χ0) is 14.0. The van der Waals surface area contributed by atoms with Crippen molar-refractivity contribution in [2.45, 2.75) is 38.3 Å². The summed E-state index contributed by atoms with van der Waals surface area (Å²) >= 11 is 0. The van der Waals surface area contributed by atoms with Crippen molar-refractivity contribution in [2.24, 2.45) is 5.73 Å². The monoisotopic (exact) mass is 266 g/mol. The molecule has 0 bridgehead atoms. The van der Waals surface area contributed by atoms with Gasteiger partial charge in [-0.05, 0) is 38.3 Å². The number of benzene rings is 1. The fourth-order valence-electron chi connectivity index (χ4n) is 2.71. The Morgan fingerprint density at radius 2 is 2.26 bits per heavy atom. The molecule has 5 heteroatoms. The van der Waals surface area contributed by atoms with Gasteiger partial charge in [-0.25, -0.2) is 4.39 Å². The Bertz CT molecular complexity index is 477. The Morgan fingerprint density at radius 3 is 2.89 bits per heavy atom. The van der Waals surface area contributed by atoms with Crippen LogP contribution in [0.2, 0.25) is 0 Å². The number of rotatable bonds is 3. The summed E-state index contributed by atoms with van der Waals surface area (Å²) in [6.45, 7) is 2.17. The molecule has 2 rings (SSSR count). The van der Waals surface area contributed by atoms with E-state index in [4.69, 9.17) is 5.73 Å². The Kier molecular flexibility index (Phi) is 4.04. The second kappa shape index (κ2) is 5.57. The third-order valence-corrected chi connectivity index (χ3v) is 3.59. The van der Waals surface area contributed by atoms with Crippen molar-refractivity contribution < 1.29 is 14.3 Å². The molecule has 1 aliphatic heterocycles. The van der Waals surface area contributed by atoms with Crippen molar-refractivity contribution in [1.82, 2.24) is 0 Å². The van der Waals surface area contributed by atoms with Gasteiger partial charge < -0.3 is 15.7 Å². The summed E-state index contributed by atoms with van der Waals surface area (Å²) < 4.78 is 13.9. The number of carbonyl (C=O) groups is 1. The van der Waals surface area contributed by atoms with Gasteiger partial charge in [-0.1, -0.05) is 6.07 Å². The summed E-state index contributed by atoms with van der Waals surface area (Å²) in [7, 11) is 0. The van der Waals surface area contributed by atoms with Crippen LogP contribution in [-0.2, 0) is 4.79 Å². The van der Waals surface area contributed by atoms with Crippen LogP contribution >= 0.6 is 0 Å². The van der Waals surface area contributed by atoms with Gasteiger partial charge in [0.05, 0.1) is 6.10 Å². The number of primary amides is 1. The third-order valence-electron chi connectivity index (χ3n) is 3.59. The predicted octanol–water partition coefficient (Wildman–Crippen LogP) is 1.72. The van der Waals surface area contributed by atoms with Gasteiger partial charge in [-0.15, -0.1) is 0 Å². The number of aliphatic hydroxyl groups excluding tert-OH is 1. The fraction of sp³-hybridized carbons (Fsp3) is 0.500. The molecule has 4 nitrogen and oxygen atoms in total. The Hall–Kier alpha value is -1.62. The molecule has 1 aromatic rings. The summed E-state index contributed by atoms with van der Waals surface area (Å²) in [6.07, 6.45) is 1.61. The molecule has 1 aliphatic rings. The second-order valence-corrected chi connectivity index (χ2v) is 4.96. The number of aliphatic hydroxyl groups is 1. The lowest BCUT2D eigenvalue weighted by Gasteiger charge is -2.37. The molecule has 1 amide bonds. The Labute approximate surface area is 112 Å². The molecule has 3 N–H and O–H groups in total. The van der Waals surface area contributed by atoms with Gasteiger partial charge in [-0.3, -0.25) is 4.79 Å². The summed E-state index contributed by atoms with van der Waals surface area (Å²) in [5.74, 6) is -0.859. The van der Waals surface area contributed by atoms with Crippen molar-refractivity contribution in [3.05, 3.63) is 29.6 Å². The number of halogens is 1. The number of anilines is 1. The third kappa shape index (κ3) is 2.71. The molecule has 0 spiro atoms. The lowest BCUT2D eigenvalue weighted by molar-refractivity contribution is -0.119. The summed E-state index contributed by atoms with van der Waals surface area (Å²) in [6, 6.07) is 4.21. The van der Waals surface area contributed by atoms with E-state index in [0.29, 0.717) is 18.7 Å². The van der Waals surface area contributed by atoms with Crippen molar-refractivity contribution in [3.8, 4) is 0 Å². The first-order chi connectivity index (χ1) is 9.02. The molecule has 1 saturated heterocycles. The van der Waals surface area contributed by atoms with Crippen LogP contribution in [0.4, 0.5) is 10.1 Å². The summed E-state index contributed by atoms with van der Waals surface area (Å²) in [5, 5.41) is 9.76. The van der Waals surface area contributed by atoms with Crippen LogP contribution in [0, 0.1) is 5.82 Å². The number of carbonyl (C=O) groups excluding carboxylic acids is 1. The number of hydrogen-bond donors (Lipinski definition) is 2. The molecule has 2 atom stereocenters. The standard InChI is InChI=1S/C14H19FN2O2/c1-9(18)13-10(15)5-4-7-11(13)17-8-3-2-6-12(17)14(16)19/h4-5,7,9,12,18H,2-3,6,8H2,1H3,(H2,16,19)/t9-,12?/m0/s1. The van der Waals surface area contributed by atoms with Gasteiger partial charge >= 0.3 is 0 Å². The molecule has 104 valence electrons. The smallest absolute Gasteiger partial charge is 0.240 e. The Balaban J connectivity index is 2.44. The molecule has 0 saturated carbocycles. The van der Waals surface area contributed by atoms with Crippen molar-refractivity contribution >= 4 is 11.6 Å². The second-order valence-electron chi connectivity index (χ2n) is 4.96. The first-order valence-corrected chi connectivity index (χ1v) is 6.54. The van der Waals surface area contributed by atoms with Crippen molar-refractivity contribution in [1.29, 1.82) is 0 Å². The molecule has 0 aromatic heterocycles. The van der Waals surface area contributed by atoms with Crippen LogP contribution in [0.25, 0.3) is 0 Å². The van der Waals surface area contributed by atoms with Gasteiger partial charge in [0.15, 0.2) is 0 Å². The van der Waals surface area contributed by atoms with E-state index < -0.39 is 23.9 Å². The maximum atomic E-state index is 13.9. The normalized spacial score (nSPS) is 21.2. The van der Waals surface area contributed by atoms with E-state index in [9.17, 15) is 14.3 Å². The highest BCUT2D eigenvalue weighted by atomic mass is 19.1. The molecule has 1 unspecified atom stereocenters. The highest BCUT2D eigenvalue weighted by Crippen LogP contribution is 2.33. The zero-order valence-corrected chi connectivity index (χ0v) is 11.0. The molecular weight excluding hydrogens is 247 g/mol. The van der Waals surface area contributed by atoms with E-state index in [2.05, 4.69) is 0 Å². The van der Waals surface area contributed by atoms with E-state index in [-0.39, 0.29) is 5.56 Å². The van der Waals surface area contributed by atoms with Crippen molar-refractivity contribution in [3.63, 3.8) is 0 Å². The SMILES string of the molecule is C[C@H](O)c1c(F)cccc1N1CCCCC1C(N)=O. The summed E-state index contributed by atoms with van der Waals surface area (Å²) in [5.41, 5.74) is 6.22. The highest BCUT2D eigenvalue weighted by Gasteiger charge is 2.30. The topological polar surface area (TPSA) is 66.6 Å². The number of hydrogen-bond acceptors (Lipinski definition) is 3. The highest BCUT2D eigenvalue weighted by molar-refractivity contribution is 5.84. The largest absolute Gasteiger partial charge is 0.389 e. The molecule has 0 aliphatic carbocycles. The van der Waals surface area contributed by atoms with Crippen LogP contribution in [-0.4, -0.2) is 23.6 Å². The molecule has 19 heavy (non-hydrogen) atoms. The van der Waals surface area contributed by atoms with E-state index in [1.807, 2.05) is 4.90 Å². The minimum absolute atomic E-state index is 0.232. The van der Waals surface area contributed by atoms with Crippen LogP contribution in [0.5, 0.6) is 0 Å². The average molecular weight is 266 g/mol. The fourth-order valence-corrected chi connectivity index (χ4v) is 2.71. The maximum Gasteiger partial charge on any atom is 0.240 e. The molecule has 1 aromatic carbocycles.